The van der Waals surface area contributed by atoms with Crippen LogP contribution in [0.2, 0.25) is 0 Å². The van der Waals surface area contributed by atoms with Crippen LogP contribution in [0.15, 0.2) is 48.5 Å². The first-order valence-corrected chi connectivity index (χ1v) is 9.38. The highest BCUT2D eigenvalue weighted by Crippen LogP contribution is 2.44. The lowest BCUT2D eigenvalue weighted by Gasteiger charge is -2.23. The van der Waals surface area contributed by atoms with E-state index in [0.717, 1.165) is 22.3 Å². The van der Waals surface area contributed by atoms with Gasteiger partial charge in [0.15, 0.2) is 6.04 Å². The predicted octanol–water partition coefficient (Wildman–Crippen LogP) is 3.79. The van der Waals surface area contributed by atoms with Crippen LogP contribution in [0.25, 0.3) is 11.1 Å². The predicted molar refractivity (Wildman–Crippen MR) is 105 cm³/mol. The second-order valence-corrected chi connectivity index (χ2v) is 7.18. The van der Waals surface area contributed by atoms with Gasteiger partial charge in [-0.25, -0.2) is 9.59 Å². The maximum Gasteiger partial charge on any atom is 0.407 e. The molecule has 2 atom stereocenters. The van der Waals surface area contributed by atoms with Gasteiger partial charge in [-0.2, -0.15) is 0 Å². The average molecular weight is 383 g/mol. The van der Waals surface area contributed by atoms with E-state index in [-0.39, 0.29) is 18.6 Å². The molecule has 0 spiro atoms. The zero-order chi connectivity index (χ0) is 20.3. The first-order chi connectivity index (χ1) is 13.4. The highest BCUT2D eigenvalue weighted by molar-refractivity contribution is 5.81. The Morgan fingerprint density at radius 2 is 1.54 bits per heavy atom. The molecule has 3 rings (SSSR count). The van der Waals surface area contributed by atoms with Crippen LogP contribution in [0, 0.1) is 0 Å². The molecule has 0 aromatic heterocycles. The van der Waals surface area contributed by atoms with Crippen molar-refractivity contribution in [2.75, 3.05) is 6.61 Å². The fraction of sp³-hybridized carbons (Fsp3) is 0.364. The molecule has 0 aliphatic heterocycles. The zero-order valence-corrected chi connectivity index (χ0v) is 16.2. The van der Waals surface area contributed by atoms with E-state index in [2.05, 4.69) is 17.4 Å². The maximum absolute atomic E-state index is 12.3. The molecule has 0 fully saturated rings. The number of hydrogen-bond donors (Lipinski definition) is 2. The molecule has 1 aliphatic rings. The van der Waals surface area contributed by atoms with E-state index in [1.165, 1.54) is 0 Å². The molecule has 148 valence electrons. The third-order valence-electron chi connectivity index (χ3n) is 4.84. The first-order valence-electron chi connectivity index (χ1n) is 9.38. The van der Waals surface area contributed by atoms with Gasteiger partial charge in [0, 0.05) is 5.92 Å². The Hall–Kier alpha value is -2.86. The van der Waals surface area contributed by atoms with Gasteiger partial charge in [0.25, 0.3) is 0 Å². The zero-order valence-electron chi connectivity index (χ0n) is 16.2. The Bertz CT molecular complexity index is 818. The highest BCUT2D eigenvalue weighted by Gasteiger charge is 2.31. The van der Waals surface area contributed by atoms with Crippen molar-refractivity contribution in [2.24, 2.45) is 0 Å². The molecule has 1 unspecified atom stereocenters. The largest absolute Gasteiger partial charge is 0.480 e. The number of benzene rings is 2. The van der Waals surface area contributed by atoms with Crippen LogP contribution in [0.4, 0.5) is 4.79 Å². The summed E-state index contributed by atoms with van der Waals surface area (Å²) < 4.78 is 10.9. The molecule has 0 saturated carbocycles. The summed E-state index contributed by atoms with van der Waals surface area (Å²) in [6, 6.07) is 14.9. The van der Waals surface area contributed by atoms with Gasteiger partial charge in [0.05, 0.1) is 12.2 Å². The van der Waals surface area contributed by atoms with Crippen LogP contribution < -0.4 is 5.32 Å². The normalized spacial score (nSPS) is 14.9. The second kappa shape index (κ2) is 8.44. The van der Waals surface area contributed by atoms with Gasteiger partial charge in [0.1, 0.15) is 6.61 Å². The smallest absolute Gasteiger partial charge is 0.407 e. The van der Waals surface area contributed by atoms with Gasteiger partial charge in [-0.15, -0.1) is 0 Å². The third-order valence-corrected chi connectivity index (χ3v) is 4.84. The number of ether oxygens (including phenoxy) is 2. The van der Waals surface area contributed by atoms with E-state index >= 15 is 0 Å². The summed E-state index contributed by atoms with van der Waals surface area (Å²) in [5, 5.41) is 11.8. The van der Waals surface area contributed by atoms with Crippen LogP contribution in [-0.2, 0) is 14.3 Å². The van der Waals surface area contributed by atoms with Crippen molar-refractivity contribution in [3.05, 3.63) is 59.7 Å². The molecule has 0 bridgehead atoms. The molecule has 2 N–H and O–H groups in total. The van der Waals surface area contributed by atoms with Crippen molar-refractivity contribution in [2.45, 2.75) is 44.9 Å². The lowest BCUT2D eigenvalue weighted by Crippen LogP contribution is -2.49. The van der Waals surface area contributed by atoms with Gasteiger partial charge in [-0.05, 0) is 43.0 Å². The maximum atomic E-state index is 12.3. The molecule has 1 amide bonds. The number of rotatable bonds is 7. The number of aliphatic carboxylic acids is 1. The lowest BCUT2D eigenvalue weighted by atomic mass is 9.98. The molecule has 28 heavy (non-hydrogen) atoms. The Morgan fingerprint density at radius 1 is 1.00 bits per heavy atom. The quantitative estimate of drug-likeness (QED) is 0.760. The van der Waals surface area contributed by atoms with Crippen LogP contribution in [0.1, 0.15) is 37.8 Å². The topological polar surface area (TPSA) is 84.9 Å². The number of carboxylic acids is 1. The van der Waals surface area contributed by atoms with E-state index < -0.39 is 24.2 Å². The van der Waals surface area contributed by atoms with Gasteiger partial charge in [-0.1, -0.05) is 48.5 Å². The minimum Gasteiger partial charge on any atom is -0.480 e. The SMILES string of the molecule is CC(C)OC(C)[C@H](NC(=O)OCC1c2ccccc2-c2ccccc21)C(=O)O. The molecule has 0 heterocycles. The number of hydrogen-bond acceptors (Lipinski definition) is 4. The van der Waals surface area contributed by atoms with Crippen molar-refractivity contribution in [1.82, 2.24) is 5.32 Å². The number of alkyl carbamates (subject to hydrolysis) is 1. The summed E-state index contributed by atoms with van der Waals surface area (Å²) >= 11 is 0. The molecule has 6 nitrogen and oxygen atoms in total. The van der Waals surface area contributed by atoms with Crippen molar-refractivity contribution in [3.63, 3.8) is 0 Å². The fourth-order valence-corrected chi connectivity index (χ4v) is 3.65. The van der Waals surface area contributed by atoms with E-state index in [1.807, 2.05) is 50.2 Å². The third kappa shape index (κ3) is 4.17. The summed E-state index contributed by atoms with van der Waals surface area (Å²) in [6.45, 7) is 5.36. The van der Waals surface area contributed by atoms with Crippen LogP contribution in [-0.4, -0.2) is 42.0 Å². The van der Waals surface area contributed by atoms with E-state index in [1.54, 1.807) is 6.92 Å². The number of carboxylic acid groups (broad SMARTS) is 1. The van der Waals surface area contributed by atoms with E-state index in [0.29, 0.717) is 0 Å². The Morgan fingerprint density at radius 3 is 2.04 bits per heavy atom. The van der Waals surface area contributed by atoms with Crippen molar-refractivity contribution < 1.29 is 24.2 Å². The Kier molecular flexibility index (Phi) is 5.99. The number of fused-ring (bicyclic) bond motifs is 3. The number of carbonyl (C=O) groups is 2. The minimum absolute atomic E-state index is 0.0780. The summed E-state index contributed by atoms with van der Waals surface area (Å²) in [5.41, 5.74) is 4.47. The molecule has 2 aromatic carbocycles. The number of amides is 1. The fourth-order valence-electron chi connectivity index (χ4n) is 3.65. The highest BCUT2D eigenvalue weighted by atomic mass is 16.6. The molecular weight excluding hydrogens is 358 g/mol. The van der Waals surface area contributed by atoms with Gasteiger partial charge >= 0.3 is 12.1 Å². The molecule has 1 aliphatic carbocycles. The van der Waals surface area contributed by atoms with Gasteiger partial charge in [-0.3, -0.25) is 0 Å². The van der Waals surface area contributed by atoms with E-state index in [9.17, 15) is 14.7 Å². The Labute approximate surface area is 164 Å². The van der Waals surface area contributed by atoms with E-state index in [4.69, 9.17) is 9.47 Å². The van der Waals surface area contributed by atoms with Crippen LogP contribution in [0.3, 0.4) is 0 Å². The summed E-state index contributed by atoms with van der Waals surface area (Å²) in [6.07, 6.45) is -1.60. The summed E-state index contributed by atoms with van der Waals surface area (Å²) in [5.74, 6) is -1.24. The van der Waals surface area contributed by atoms with Crippen LogP contribution >= 0.6 is 0 Å². The standard InChI is InChI=1S/C22H25NO5/c1-13(2)28-14(3)20(21(24)25)23-22(26)27-12-19-17-10-6-4-8-15(17)16-9-5-7-11-18(16)19/h4-11,13-14,19-20H,12H2,1-3H3,(H,23,26)(H,24,25)/t14?,20-/m0/s1. The summed E-state index contributed by atoms with van der Waals surface area (Å²) in [4.78, 5) is 23.8. The second-order valence-electron chi connectivity index (χ2n) is 7.18. The monoisotopic (exact) mass is 383 g/mol. The van der Waals surface area contributed by atoms with Gasteiger partial charge < -0.3 is 19.9 Å². The molecular formula is C22H25NO5. The molecule has 0 radical (unpaired) electrons. The summed E-state index contributed by atoms with van der Waals surface area (Å²) in [7, 11) is 0. The molecule has 2 aromatic rings. The molecule has 0 saturated heterocycles. The number of nitrogens with one attached hydrogen (secondary N) is 1. The van der Waals surface area contributed by atoms with Crippen molar-refractivity contribution in [3.8, 4) is 11.1 Å². The van der Waals surface area contributed by atoms with Crippen molar-refractivity contribution in [1.29, 1.82) is 0 Å². The Balaban J connectivity index is 1.68. The molecule has 6 heteroatoms. The minimum atomic E-state index is -1.18. The average Bonchev–Trinajstić information content (AvgIpc) is 2.97. The lowest BCUT2D eigenvalue weighted by molar-refractivity contribution is -0.144. The van der Waals surface area contributed by atoms with Crippen LogP contribution in [0.5, 0.6) is 0 Å². The van der Waals surface area contributed by atoms with Gasteiger partial charge in [0.2, 0.25) is 0 Å². The number of carbonyl (C=O) groups excluding carboxylic acids is 1. The van der Waals surface area contributed by atoms with Crippen molar-refractivity contribution >= 4 is 12.1 Å². The first kappa shape index (κ1) is 19.9.